The molecule has 1 amide bonds. The average molecular weight is 543 g/mol. The average Bonchev–Trinajstić information content (AvgIpc) is 3.35. The zero-order chi connectivity index (χ0) is 28.9. The number of carbonyl (C=O) groups excluding carboxylic acids is 1. The van der Waals surface area contributed by atoms with Gasteiger partial charge in [0.1, 0.15) is 23.7 Å². The highest BCUT2D eigenvalue weighted by molar-refractivity contribution is 5.87. The number of ether oxygens (including phenoxy) is 3. The normalized spacial score (nSPS) is 11.4. The van der Waals surface area contributed by atoms with Crippen molar-refractivity contribution in [2.45, 2.75) is 66.1 Å². The van der Waals surface area contributed by atoms with Gasteiger partial charge in [0.05, 0.1) is 7.11 Å². The predicted octanol–water partition coefficient (Wildman–Crippen LogP) is 7.76. The van der Waals surface area contributed by atoms with Crippen LogP contribution in [0.5, 0.6) is 11.5 Å². The van der Waals surface area contributed by atoms with E-state index < -0.39 is 11.7 Å². The van der Waals surface area contributed by atoms with Crippen LogP contribution in [0.3, 0.4) is 0 Å². The lowest BCUT2D eigenvalue weighted by atomic mass is 9.98. The SMILES string of the molecule is CCc1[nH]nc(-c2ccnc(NC(=O)OC(C)(C)C)c2)c1-c1ccc(OCc2ccc(C(C)C)cc2)c(OC)c1. The van der Waals surface area contributed by atoms with Gasteiger partial charge in [0.15, 0.2) is 11.5 Å². The molecule has 0 fully saturated rings. The van der Waals surface area contributed by atoms with Gasteiger partial charge < -0.3 is 14.2 Å². The number of benzene rings is 2. The van der Waals surface area contributed by atoms with Crippen molar-refractivity contribution >= 4 is 11.9 Å². The maximum absolute atomic E-state index is 12.3. The number of methoxy groups -OCH3 is 1. The minimum atomic E-state index is -0.611. The first-order chi connectivity index (χ1) is 19.1. The second-order valence-corrected chi connectivity index (χ2v) is 10.9. The number of rotatable bonds is 9. The summed E-state index contributed by atoms with van der Waals surface area (Å²) in [7, 11) is 1.64. The van der Waals surface area contributed by atoms with Crippen molar-refractivity contribution < 1.29 is 19.0 Å². The van der Waals surface area contributed by atoms with Crippen LogP contribution in [0.1, 0.15) is 64.3 Å². The molecule has 2 N–H and O–H groups in total. The maximum atomic E-state index is 12.3. The van der Waals surface area contributed by atoms with Gasteiger partial charge in [-0.15, -0.1) is 0 Å². The Labute approximate surface area is 236 Å². The summed E-state index contributed by atoms with van der Waals surface area (Å²) in [5.41, 5.74) is 6.19. The number of anilines is 1. The van der Waals surface area contributed by atoms with Crippen LogP contribution in [0.15, 0.2) is 60.8 Å². The van der Waals surface area contributed by atoms with Crippen molar-refractivity contribution in [3.8, 4) is 33.9 Å². The van der Waals surface area contributed by atoms with E-state index in [1.54, 1.807) is 19.4 Å². The van der Waals surface area contributed by atoms with Gasteiger partial charge in [-0.25, -0.2) is 9.78 Å². The Morgan fingerprint density at radius 3 is 2.40 bits per heavy atom. The molecule has 8 nitrogen and oxygen atoms in total. The third-order valence-electron chi connectivity index (χ3n) is 6.35. The van der Waals surface area contributed by atoms with E-state index in [2.05, 4.69) is 65.5 Å². The van der Waals surface area contributed by atoms with Crippen molar-refractivity contribution in [1.29, 1.82) is 0 Å². The summed E-state index contributed by atoms with van der Waals surface area (Å²) in [6, 6.07) is 18.0. The highest BCUT2D eigenvalue weighted by Gasteiger charge is 2.20. The molecular weight excluding hydrogens is 504 g/mol. The fourth-order valence-electron chi connectivity index (χ4n) is 4.31. The van der Waals surface area contributed by atoms with Gasteiger partial charge in [0.2, 0.25) is 0 Å². The molecule has 8 heteroatoms. The van der Waals surface area contributed by atoms with Gasteiger partial charge in [-0.2, -0.15) is 5.10 Å². The quantitative estimate of drug-likeness (QED) is 0.224. The molecule has 0 bridgehead atoms. The number of amides is 1. The number of aromatic amines is 1. The molecule has 0 aliphatic carbocycles. The van der Waals surface area contributed by atoms with E-state index in [-0.39, 0.29) is 0 Å². The number of hydrogen-bond acceptors (Lipinski definition) is 6. The number of aryl methyl sites for hydroxylation is 1. The molecule has 0 aliphatic rings. The van der Waals surface area contributed by atoms with Crippen LogP contribution in [-0.2, 0) is 17.8 Å². The third kappa shape index (κ3) is 7.00. The van der Waals surface area contributed by atoms with E-state index in [4.69, 9.17) is 14.2 Å². The molecule has 0 unspecified atom stereocenters. The summed E-state index contributed by atoms with van der Waals surface area (Å²) < 4.78 is 17.2. The van der Waals surface area contributed by atoms with Crippen LogP contribution >= 0.6 is 0 Å². The number of hydrogen-bond donors (Lipinski definition) is 2. The molecule has 0 saturated carbocycles. The van der Waals surface area contributed by atoms with Gasteiger partial charge in [-0.3, -0.25) is 10.4 Å². The Hall–Kier alpha value is -4.33. The molecule has 2 aromatic carbocycles. The number of pyridine rings is 1. The summed E-state index contributed by atoms with van der Waals surface area (Å²) in [4.78, 5) is 16.6. The molecule has 0 radical (unpaired) electrons. The first kappa shape index (κ1) is 28.7. The minimum absolute atomic E-state index is 0.376. The highest BCUT2D eigenvalue weighted by atomic mass is 16.6. The molecule has 4 aromatic rings. The molecule has 0 saturated heterocycles. The lowest BCUT2D eigenvalue weighted by Crippen LogP contribution is -2.27. The van der Waals surface area contributed by atoms with Crippen molar-refractivity contribution in [3.05, 3.63) is 77.6 Å². The molecular formula is C32H38N4O4. The van der Waals surface area contributed by atoms with E-state index in [1.807, 2.05) is 45.0 Å². The van der Waals surface area contributed by atoms with Crippen LogP contribution in [0, 0.1) is 0 Å². The van der Waals surface area contributed by atoms with Crippen LogP contribution in [0.2, 0.25) is 0 Å². The maximum Gasteiger partial charge on any atom is 0.413 e. The van der Waals surface area contributed by atoms with Gasteiger partial charge >= 0.3 is 6.09 Å². The third-order valence-corrected chi connectivity index (χ3v) is 6.35. The van der Waals surface area contributed by atoms with E-state index >= 15 is 0 Å². The molecule has 40 heavy (non-hydrogen) atoms. The van der Waals surface area contributed by atoms with Gasteiger partial charge in [0.25, 0.3) is 0 Å². The van der Waals surface area contributed by atoms with Gasteiger partial charge in [0, 0.05) is 23.0 Å². The second-order valence-electron chi connectivity index (χ2n) is 10.9. The number of aromatic nitrogens is 3. The van der Waals surface area contributed by atoms with Crippen LogP contribution < -0.4 is 14.8 Å². The molecule has 4 rings (SSSR count). The van der Waals surface area contributed by atoms with Crippen molar-refractivity contribution in [1.82, 2.24) is 15.2 Å². The number of carbonyl (C=O) groups is 1. The minimum Gasteiger partial charge on any atom is -0.493 e. The zero-order valence-electron chi connectivity index (χ0n) is 24.3. The number of nitrogens with one attached hydrogen (secondary N) is 2. The Morgan fingerprint density at radius 1 is 1.00 bits per heavy atom. The Balaban J connectivity index is 1.59. The number of H-pyrrole nitrogens is 1. The standard InChI is InChI=1S/C32H38N4O4/c1-8-25-29(30(36-35-25)24-15-16-33-28(18-24)34-31(37)40-32(4,5)6)23-13-14-26(27(17-23)38-7)39-19-21-9-11-22(12-10-21)20(2)3/h9-18,20H,8,19H2,1-7H3,(H,35,36)(H,33,34,37). The highest BCUT2D eigenvalue weighted by Crippen LogP contribution is 2.39. The summed E-state index contributed by atoms with van der Waals surface area (Å²) in [5, 5.41) is 10.5. The van der Waals surface area contributed by atoms with Crippen molar-refractivity contribution in [3.63, 3.8) is 0 Å². The predicted molar refractivity (Wildman–Crippen MR) is 158 cm³/mol. The topological polar surface area (TPSA) is 98.4 Å². The van der Waals surface area contributed by atoms with Crippen molar-refractivity contribution in [2.24, 2.45) is 0 Å². The first-order valence-corrected chi connectivity index (χ1v) is 13.5. The zero-order valence-corrected chi connectivity index (χ0v) is 24.3. The largest absolute Gasteiger partial charge is 0.493 e. The lowest BCUT2D eigenvalue weighted by molar-refractivity contribution is 0.0635. The molecule has 210 valence electrons. The fraction of sp³-hybridized carbons (Fsp3) is 0.344. The summed E-state index contributed by atoms with van der Waals surface area (Å²) in [5.74, 6) is 2.16. The molecule has 0 atom stereocenters. The van der Waals surface area contributed by atoms with Crippen molar-refractivity contribution in [2.75, 3.05) is 12.4 Å². The second kappa shape index (κ2) is 12.2. The molecule has 0 spiro atoms. The molecule has 2 aromatic heterocycles. The molecule has 0 aliphatic heterocycles. The number of nitrogens with zero attached hydrogens (tertiary/aromatic N) is 2. The van der Waals surface area contributed by atoms with Gasteiger partial charge in [-0.1, -0.05) is 51.1 Å². The molecule has 2 heterocycles. The Morgan fingerprint density at radius 2 is 1.75 bits per heavy atom. The Kier molecular flexibility index (Phi) is 8.77. The van der Waals surface area contributed by atoms with E-state index in [9.17, 15) is 4.79 Å². The van der Waals surface area contributed by atoms with Gasteiger partial charge in [-0.05, 0) is 74.1 Å². The van der Waals surface area contributed by atoms with Crippen LogP contribution in [0.4, 0.5) is 10.6 Å². The summed E-state index contributed by atoms with van der Waals surface area (Å²) >= 11 is 0. The van der Waals surface area contributed by atoms with Crippen LogP contribution in [-0.4, -0.2) is 34.0 Å². The smallest absolute Gasteiger partial charge is 0.413 e. The Bertz CT molecular complexity index is 1450. The fourth-order valence-corrected chi connectivity index (χ4v) is 4.31. The van der Waals surface area contributed by atoms with E-state index in [0.717, 1.165) is 40.1 Å². The first-order valence-electron chi connectivity index (χ1n) is 13.5. The van der Waals surface area contributed by atoms with E-state index in [0.29, 0.717) is 29.8 Å². The van der Waals surface area contributed by atoms with Crippen LogP contribution in [0.25, 0.3) is 22.4 Å². The monoisotopic (exact) mass is 542 g/mol. The lowest BCUT2D eigenvalue weighted by Gasteiger charge is -2.19. The summed E-state index contributed by atoms with van der Waals surface area (Å²) in [6.45, 7) is 12.3. The summed E-state index contributed by atoms with van der Waals surface area (Å²) in [6.07, 6.45) is 1.82. The van der Waals surface area contributed by atoms with E-state index in [1.165, 1.54) is 5.56 Å².